The van der Waals surface area contributed by atoms with Crippen molar-refractivity contribution in [3.63, 3.8) is 0 Å². The normalized spacial score (nSPS) is 13.4. The standard InChI is InChI=1S/C7H9.2ClH.Zr/c1-6-4-3-5-7(6)2;;;/h3H,4H2,1-2H3;2*1H;/q-1;;;+3/p-2. The molecule has 10 heavy (non-hydrogen) atoms. The first kappa shape index (κ1) is 17.1. The number of allylic oxidation sites excluding steroid dienone is 4. The molecular formula is C7H9Cl2Zr. The average Bonchev–Trinajstić information content (AvgIpc) is 1.91. The van der Waals surface area contributed by atoms with Crippen LogP contribution in [0.25, 0.3) is 0 Å². The van der Waals surface area contributed by atoms with E-state index in [4.69, 9.17) is 0 Å². The van der Waals surface area contributed by atoms with Crippen LogP contribution in [0.4, 0.5) is 0 Å². The topological polar surface area (TPSA) is 0 Å². The Hall–Kier alpha value is 0.943. The molecule has 1 aliphatic rings. The zero-order valence-electron chi connectivity index (χ0n) is 6.04. The molecule has 0 saturated heterocycles. The van der Waals surface area contributed by atoms with Crippen LogP contribution in [-0.2, 0) is 26.2 Å². The third kappa shape index (κ3) is 4.71. The van der Waals surface area contributed by atoms with Gasteiger partial charge in [-0.05, 0) is 0 Å². The van der Waals surface area contributed by atoms with E-state index >= 15 is 0 Å². The van der Waals surface area contributed by atoms with Gasteiger partial charge in [0, 0.05) is 0 Å². The van der Waals surface area contributed by atoms with Crippen LogP contribution in [0.1, 0.15) is 20.3 Å². The van der Waals surface area contributed by atoms with Gasteiger partial charge in [-0.3, -0.25) is 6.08 Å². The van der Waals surface area contributed by atoms with Gasteiger partial charge in [0.2, 0.25) is 0 Å². The SMILES string of the molecule is CC1=C(C)CC=[C-]1.[Cl-].[Cl-].[Zr+3]. The molecule has 0 spiro atoms. The Morgan fingerprint density at radius 1 is 1.30 bits per heavy atom. The molecule has 0 aromatic carbocycles. The number of hydrogen-bond donors (Lipinski definition) is 0. The Kier molecular flexibility index (Phi) is 13.8. The molecule has 55 valence electrons. The molecular weight excluding hydrogens is 246 g/mol. The fourth-order valence-electron chi connectivity index (χ4n) is 0.634. The van der Waals surface area contributed by atoms with E-state index in [9.17, 15) is 0 Å². The third-order valence-corrected chi connectivity index (χ3v) is 1.37. The van der Waals surface area contributed by atoms with Crippen molar-refractivity contribution in [1.82, 2.24) is 0 Å². The van der Waals surface area contributed by atoms with Crippen LogP contribution >= 0.6 is 0 Å². The average molecular weight is 255 g/mol. The molecule has 1 aliphatic carbocycles. The van der Waals surface area contributed by atoms with Crippen LogP contribution in [0.5, 0.6) is 0 Å². The summed E-state index contributed by atoms with van der Waals surface area (Å²) < 4.78 is 0. The summed E-state index contributed by atoms with van der Waals surface area (Å²) in [5.41, 5.74) is 2.78. The molecule has 1 radical (unpaired) electrons. The van der Waals surface area contributed by atoms with Gasteiger partial charge in [0.15, 0.2) is 0 Å². The second-order valence-corrected chi connectivity index (χ2v) is 1.96. The second kappa shape index (κ2) is 8.04. The van der Waals surface area contributed by atoms with Crippen molar-refractivity contribution in [2.75, 3.05) is 0 Å². The first-order valence-electron chi connectivity index (χ1n) is 2.55. The molecule has 0 atom stereocenters. The van der Waals surface area contributed by atoms with E-state index in [0.29, 0.717) is 0 Å². The van der Waals surface area contributed by atoms with Crippen molar-refractivity contribution >= 4 is 0 Å². The van der Waals surface area contributed by atoms with Gasteiger partial charge in [-0.2, -0.15) is 6.08 Å². The first-order chi connectivity index (χ1) is 3.30. The van der Waals surface area contributed by atoms with Crippen molar-refractivity contribution in [2.45, 2.75) is 20.3 Å². The smallest absolute Gasteiger partial charge is 1.00 e. The van der Waals surface area contributed by atoms with Gasteiger partial charge < -0.3 is 24.8 Å². The fourth-order valence-corrected chi connectivity index (χ4v) is 0.634. The maximum absolute atomic E-state index is 3.12. The molecule has 0 saturated carbocycles. The molecule has 0 amide bonds. The van der Waals surface area contributed by atoms with Crippen LogP contribution < -0.4 is 24.8 Å². The molecule has 0 N–H and O–H groups in total. The first-order valence-corrected chi connectivity index (χ1v) is 2.55. The van der Waals surface area contributed by atoms with E-state index < -0.39 is 0 Å². The van der Waals surface area contributed by atoms with Crippen molar-refractivity contribution in [3.8, 4) is 0 Å². The quantitative estimate of drug-likeness (QED) is 0.388. The molecule has 0 aliphatic heterocycles. The van der Waals surface area contributed by atoms with Crippen molar-refractivity contribution in [3.05, 3.63) is 23.3 Å². The Morgan fingerprint density at radius 2 is 1.80 bits per heavy atom. The summed E-state index contributed by atoms with van der Waals surface area (Å²) in [7, 11) is 0. The summed E-state index contributed by atoms with van der Waals surface area (Å²) >= 11 is 0. The summed E-state index contributed by atoms with van der Waals surface area (Å²) in [4.78, 5) is 0. The van der Waals surface area contributed by atoms with Crippen molar-refractivity contribution < 1.29 is 51.0 Å². The zero-order valence-corrected chi connectivity index (χ0v) is 10.0. The van der Waals surface area contributed by atoms with Gasteiger partial charge in [-0.15, -0.1) is 6.92 Å². The minimum atomic E-state index is 0. The molecule has 0 unspecified atom stereocenters. The van der Waals surface area contributed by atoms with E-state index in [1.807, 2.05) is 0 Å². The second-order valence-electron chi connectivity index (χ2n) is 1.96. The Labute approximate surface area is 94.1 Å². The number of rotatable bonds is 0. The van der Waals surface area contributed by atoms with E-state index in [1.165, 1.54) is 11.1 Å². The summed E-state index contributed by atoms with van der Waals surface area (Å²) in [6.07, 6.45) is 6.31. The minimum Gasteiger partial charge on any atom is -1.00 e. The predicted molar refractivity (Wildman–Crippen MR) is 30.8 cm³/mol. The zero-order chi connectivity index (χ0) is 5.28. The largest absolute Gasteiger partial charge is 3.00 e. The third-order valence-electron chi connectivity index (χ3n) is 1.37. The van der Waals surface area contributed by atoms with E-state index in [1.54, 1.807) is 0 Å². The molecule has 0 nitrogen and oxygen atoms in total. The van der Waals surface area contributed by atoms with E-state index in [2.05, 4.69) is 26.0 Å². The molecule has 0 aromatic heterocycles. The van der Waals surface area contributed by atoms with E-state index in [0.717, 1.165) is 6.42 Å². The Morgan fingerprint density at radius 3 is 1.90 bits per heavy atom. The van der Waals surface area contributed by atoms with Crippen molar-refractivity contribution in [1.29, 1.82) is 0 Å². The summed E-state index contributed by atoms with van der Waals surface area (Å²) in [5.74, 6) is 0. The summed E-state index contributed by atoms with van der Waals surface area (Å²) in [6.45, 7) is 4.24. The van der Waals surface area contributed by atoms with Crippen molar-refractivity contribution in [2.24, 2.45) is 0 Å². The van der Waals surface area contributed by atoms with Gasteiger partial charge in [0.1, 0.15) is 0 Å². The number of hydrogen-bond acceptors (Lipinski definition) is 0. The van der Waals surface area contributed by atoms with Gasteiger partial charge in [0.25, 0.3) is 0 Å². The molecule has 3 heteroatoms. The predicted octanol–water partition coefficient (Wildman–Crippen LogP) is -3.91. The van der Waals surface area contributed by atoms with Gasteiger partial charge in [0.05, 0.1) is 0 Å². The molecule has 0 aromatic rings. The molecule has 1 rings (SSSR count). The molecule has 0 fully saturated rings. The summed E-state index contributed by atoms with van der Waals surface area (Å²) in [6, 6.07) is 0. The van der Waals surface area contributed by atoms with Crippen LogP contribution in [0.15, 0.2) is 17.2 Å². The van der Waals surface area contributed by atoms with E-state index in [-0.39, 0.29) is 51.0 Å². The minimum absolute atomic E-state index is 0. The van der Waals surface area contributed by atoms with Crippen LogP contribution in [0.2, 0.25) is 0 Å². The molecule has 0 bridgehead atoms. The van der Waals surface area contributed by atoms with Crippen LogP contribution in [-0.4, -0.2) is 0 Å². The van der Waals surface area contributed by atoms with Gasteiger partial charge in [-0.1, -0.05) is 13.3 Å². The summed E-state index contributed by atoms with van der Waals surface area (Å²) in [5, 5.41) is 0. The maximum atomic E-state index is 3.12. The van der Waals surface area contributed by atoms with Crippen LogP contribution in [0.3, 0.4) is 0 Å². The van der Waals surface area contributed by atoms with Gasteiger partial charge in [-0.25, -0.2) is 11.1 Å². The Bertz CT molecular complexity index is 139. The maximum Gasteiger partial charge on any atom is 3.00 e. The van der Waals surface area contributed by atoms with Gasteiger partial charge >= 0.3 is 26.2 Å². The van der Waals surface area contributed by atoms with Crippen LogP contribution in [0, 0.1) is 6.08 Å². The number of halogens is 2. The Balaban J connectivity index is -0.000000163. The fraction of sp³-hybridized carbons (Fsp3) is 0.429. The monoisotopic (exact) mass is 253 g/mol. The molecule has 0 heterocycles.